The van der Waals surface area contributed by atoms with Gasteiger partial charge in [-0.05, 0) is 37.1 Å². The minimum atomic E-state index is -0.599. The zero-order valence-corrected chi connectivity index (χ0v) is 14.0. The van der Waals surface area contributed by atoms with Crippen LogP contribution in [0.15, 0.2) is 43.0 Å². The molecule has 25 heavy (non-hydrogen) atoms. The van der Waals surface area contributed by atoms with Gasteiger partial charge in [0.2, 0.25) is 0 Å². The van der Waals surface area contributed by atoms with Gasteiger partial charge in [-0.25, -0.2) is 14.4 Å². The van der Waals surface area contributed by atoms with Gasteiger partial charge in [0.1, 0.15) is 30.1 Å². The fourth-order valence-corrected chi connectivity index (χ4v) is 2.95. The highest BCUT2D eigenvalue weighted by atomic mass is 19.1. The van der Waals surface area contributed by atoms with E-state index in [1.54, 1.807) is 24.1 Å². The predicted molar refractivity (Wildman–Crippen MR) is 88.8 cm³/mol. The molecule has 0 unspecified atom stereocenters. The summed E-state index contributed by atoms with van der Waals surface area (Å²) in [5, 5.41) is 0. The minimum absolute atomic E-state index is 0.122. The van der Waals surface area contributed by atoms with Crippen LogP contribution in [0.4, 0.5) is 4.39 Å². The molecule has 1 aromatic heterocycles. The largest absolute Gasteiger partial charge is 0.491 e. The summed E-state index contributed by atoms with van der Waals surface area (Å²) >= 11 is 0. The molecule has 0 N–H and O–H groups in total. The number of carbonyl (C=O) groups excluding carboxylic acids is 1. The van der Waals surface area contributed by atoms with Crippen molar-refractivity contribution in [2.24, 2.45) is 0 Å². The number of ether oxygens (including phenoxy) is 2. The number of likely N-dealkylation sites (tertiary alicyclic amines) is 1. The van der Waals surface area contributed by atoms with E-state index < -0.39 is 5.60 Å². The van der Waals surface area contributed by atoms with Gasteiger partial charge < -0.3 is 14.4 Å². The first-order chi connectivity index (χ1) is 12.1. The van der Waals surface area contributed by atoms with E-state index in [1.165, 1.54) is 30.9 Å². The highest BCUT2D eigenvalue weighted by Gasteiger charge is 2.38. The second kappa shape index (κ2) is 7.57. The summed E-state index contributed by atoms with van der Waals surface area (Å²) in [5.41, 5.74) is -0.147. The van der Waals surface area contributed by atoms with E-state index in [1.807, 2.05) is 0 Å². The molecule has 7 heteroatoms. The molecule has 1 fully saturated rings. The average Bonchev–Trinajstić information content (AvgIpc) is 2.68. The molecular weight excluding hydrogens is 325 g/mol. The SMILES string of the molecule is CO[C@@]1(COc2ccc(F)cc2)CCCN(C(=O)c2cncnc2)C1. The van der Waals surface area contributed by atoms with E-state index in [9.17, 15) is 9.18 Å². The van der Waals surface area contributed by atoms with Crippen molar-refractivity contribution in [2.45, 2.75) is 18.4 Å². The van der Waals surface area contributed by atoms with Gasteiger partial charge in [0, 0.05) is 26.0 Å². The number of hydrogen-bond acceptors (Lipinski definition) is 5. The molecule has 1 saturated heterocycles. The summed E-state index contributed by atoms with van der Waals surface area (Å²) in [4.78, 5) is 22.1. The van der Waals surface area contributed by atoms with Gasteiger partial charge in [0.05, 0.1) is 12.1 Å². The first-order valence-electron chi connectivity index (χ1n) is 8.10. The lowest BCUT2D eigenvalue weighted by Gasteiger charge is -2.41. The summed E-state index contributed by atoms with van der Waals surface area (Å²) in [6, 6.07) is 5.85. The van der Waals surface area contributed by atoms with E-state index >= 15 is 0 Å². The van der Waals surface area contributed by atoms with Crippen LogP contribution in [0.1, 0.15) is 23.2 Å². The Labute approximate surface area is 145 Å². The maximum atomic E-state index is 13.0. The maximum Gasteiger partial charge on any atom is 0.257 e. The summed E-state index contributed by atoms with van der Waals surface area (Å²) in [5.74, 6) is 0.134. The van der Waals surface area contributed by atoms with Gasteiger partial charge in [-0.2, -0.15) is 0 Å². The molecule has 2 aromatic rings. The number of halogens is 1. The van der Waals surface area contributed by atoms with Crippen molar-refractivity contribution in [3.05, 3.63) is 54.4 Å². The number of rotatable bonds is 5. The number of methoxy groups -OCH3 is 1. The molecule has 1 atom stereocenters. The summed E-state index contributed by atoms with van der Waals surface area (Å²) < 4.78 is 24.5. The molecule has 1 amide bonds. The maximum absolute atomic E-state index is 13.0. The highest BCUT2D eigenvalue weighted by molar-refractivity contribution is 5.93. The second-order valence-corrected chi connectivity index (χ2v) is 6.09. The lowest BCUT2D eigenvalue weighted by atomic mass is 9.93. The molecule has 1 aliphatic heterocycles. The molecule has 0 bridgehead atoms. The van der Waals surface area contributed by atoms with Gasteiger partial charge in [-0.1, -0.05) is 0 Å². The standard InChI is InChI=1S/C18H20FN3O3/c1-24-18(12-25-16-5-3-15(19)4-6-16)7-2-8-22(11-18)17(23)14-9-20-13-21-10-14/h3-6,9-10,13H,2,7-8,11-12H2,1H3/t18-/m0/s1. The normalized spacial score (nSPS) is 20.3. The van der Waals surface area contributed by atoms with E-state index in [0.717, 1.165) is 12.8 Å². The van der Waals surface area contributed by atoms with Crippen molar-refractivity contribution in [2.75, 3.05) is 26.8 Å². The Morgan fingerprint density at radius 3 is 2.68 bits per heavy atom. The van der Waals surface area contributed by atoms with Gasteiger partial charge in [0.15, 0.2) is 0 Å². The Kier molecular flexibility index (Phi) is 5.23. The number of carbonyl (C=O) groups is 1. The summed E-state index contributed by atoms with van der Waals surface area (Å²) in [7, 11) is 1.62. The molecule has 0 saturated carbocycles. The third-order valence-corrected chi connectivity index (χ3v) is 4.38. The van der Waals surface area contributed by atoms with E-state index in [2.05, 4.69) is 9.97 Å². The zero-order valence-electron chi connectivity index (χ0n) is 14.0. The predicted octanol–water partition coefficient (Wildman–Crippen LogP) is 2.32. The van der Waals surface area contributed by atoms with Crippen molar-refractivity contribution in [1.82, 2.24) is 14.9 Å². The van der Waals surface area contributed by atoms with Gasteiger partial charge >= 0.3 is 0 Å². The molecule has 1 aliphatic rings. The van der Waals surface area contributed by atoms with Crippen LogP contribution in [0.3, 0.4) is 0 Å². The van der Waals surface area contributed by atoms with E-state index in [0.29, 0.717) is 24.4 Å². The van der Waals surface area contributed by atoms with Crippen LogP contribution in [0.2, 0.25) is 0 Å². The fraction of sp³-hybridized carbons (Fsp3) is 0.389. The van der Waals surface area contributed by atoms with Gasteiger partial charge in [-0.15, -0.1) is 0 Å². The number of amides is 1. The summed E-state index contributed by atoms with van der Waals surface area (Å²) in [6.45, 7) is 1.35. The number of nitrogens with zero attached hydrogens (tertiary/aromatic N) is 3. The molecule has 1 aromatic carbocycles. The molecule has 3 rings (SSSR count). The molecular formula is C18H20FN3O3. The fourth-order valence-electron chi connectivity index (χ4n) is 2.95. The van der Waals surface area contributed by atoms with Gasteiger partial charge in [0.25, 0.3) is 5.91 Å². The first-order valence-corrected chi connectivity index (χ1v) is 8.10. The second-order valence-electron chi connectivity index (χ2n) is 6.09. The van der Waals surface area contributed by atoms with Crippen LogP contribution in [-0.2, 0) is 4.74 Å². The zero-order chi connectivity index (χ0) is 17.7. The topological polar surface area (TPSA) is 64.6 Å². The molecule has 132 valence electrons. The Morgan fingerprint density at radius 2 is 2.00 bits per heavy atom. The van der Waals surface area contributed by atoms with E-state index in [-0.39, 0.29) is 18.3 Å². The third-order valence-electron chi connectivity index (χ3n) is 4.38. The molecule has 2 heterocycles. The Morgan fingerprint density at radius 1 is 1.28 bits per heavy atom. The van der Waals surface area contributed by atoms with Crippen LogP contribution in [0, 0.1) is 5.82 Å². The van der Waals surface area contributed by atoms with Crippen LogP contribution in [0.5, 0.6) is 5.75 Å². The van der Waals surface area contributed by atoms with Gasteiger partial charge in [-0.3, -0.25) is 4.79 Å². The Hall–Kier alpha value is -2.54. The van der Waals surface area contributed by atoms with Crippen molar-refractivity contribution >= 4 is 5.91 Å². The van der Waals surface area contributed by atoms with Crippen LogP contribution in [0.25, 0.3) is 0 Å². The first kappa shape index (κ1) is 17.3. The molecule has 0 radical (unpaired) electrons. The Bertz CT molecular complexity index is 711. The molecule has 0 spiro atoms. The lowest BCUT2D eigenvalue weighted by molar-refractivity contribution is -0.0825. The third kappa shape index (κ3) is 4.11. The van der Waals surface area contributed by atoms with Crippen LogP contribution < -0.4 is 4.74 Å². The number of piperidine rings is 1. The lowest BCUT2D eigenvalue weighted by Crippen LogP contribution is -2.54. The highest BCUT2D eigenvalue weighted by Crippen LogP contribution is 2.27. The summed E-state index contributed by atoms with van der Waals surface area (Å²) in [6.07, 6.45) is 5.99. The Balaban J connectivity index is 1.68. The van der Waals surface area contributed by atoms with Crippen LogP contribution >= 0.6 is 0 Å². The van der Waals surface area contributed by atoms with Crippen LogP contribution in [-0.4, -0.2) is 53.2 Å². The number of benzene rings is 1. The van der Waals surface area contributed by atoms with E-state index in [4.69, 9.17) is 9.47 Å². The minimum Gasteiger partial charge on any atom is -0.491 e. The smallest absolute Gasteiger partial charge is 0.257 e. The van der Waals surface area contributed by atoms with Crippen molar-refractivity contribution in [3.8, 4) is 5.75 Å². The van der Waals surface area contributed by atoms with Crippen molar-refractivity contribution in [3.63, 3.8) is 0 Å². The monoisotopic (exact) mass is 345 g/mol. The molecule has 6 nitrogen and oxygen atoms in total. The molecule has 0 aliphatic carbocycles. The van der Waals surface area contributed by atoms with Crippen molar-refractivity contribution < 1.29 is 18.7 Å². The average molecular weight is 345 g/mol. The number of aromatic nitrogens is 2. The quantitative estimate of drug-likeness (QED) is 0.832. The number of hydrogen-bond donors (Lipinski definition) is 0. The van der Waals surface area contributed by atoms with Crippen molar-refractivity contribution in [1.29, 1.82) is 0 Å².